The third kappa shape index (κ3) is 2.50. The Morgan fingerprint density at radius 3 is 2.63 bits per heavy atom. The molecule has 3 rings (SSSR count). The summed E-state index contributed by atoms with van der Waals surface area (Å²) in [4.78, 5) is 4.44. The molecule has 1 heterocycles. The van der Waals surface area contributed by atoms with Crippen molar-refractivity contribution in [1.29, 1.82) is 0 Å². The van der Waals surface area contributed by atoms with Crippen LogP contribution in [0.2, 0.25) is 0 Å². The van der Waals surface area contributed by atoms with Crippen LogP contribution in [0.15, 0.2) is 36.5 Å². The van der Waals surface area contributed by atoms with Crippen LogP contribution in [0.1, 0.15) is 44.1 Å². The molecule has 2 nitrogen and oxygen atoms in total. The maximum absolute atomic E-state index is 9.70. The lowest BCUT2D eigenvalue weighted by Gasteiger charge is -2.30. The molecule has 100 valence electrons. The summed E-state index contributed by atoms with van der Waals surface area (Å²) < 4.78 is 0. The van der Waals surface area contributed by atoms with Crippen LogP contribution in [0, 0.1) is 5.92 Å². The Kier molecular flexibility index (Phi) is 3.52. The fourth-order valence-electron chi connectivity index (χ4n) is 3.40. The lowest BCUT2D eigenvalue weighted by atomic mass is 9.76. The molecule has 1 N–H and O–H groups in total. The number of hydrogen-bond acceptors (Lipinski definition) is 2. The number of aliphatic hydroxyl groups excluding tert-OH is 1. The molecular formula is C17H21NO. The van der Waals surface area contributed by atoms with Gasteiger partial charge >= 0.3 is 0 Å². The van der Waals surface area contributed by atoms with Gasteiger partial charge in [0.2, 0.25) is 0 Å². The van der Waals surface area contributed by atoms with Crippen LogP contribution in [0.25, 0.3) is 10.9 Å². The van der Waals surface area contributed by atoms with E-state index in [9.17, 15) is 5.11 Å². The van der Waals surface area contributed by atoms with E-state index in [1.165, 1.54) is 23.8 Å². The Hall–Kier alpha value is -1.41. The monoisotopic (exact) mass is 255 g/mol. The van der Waals surface area contributed by atoms with Gasteiger partial charge in [-0.1, -0.05) is 18.2 Å². The van der Waals surface area contributed by atoms with E-state index in [2.05, 4.69) is 29.2 Å². The van der Waals surface area contributed by atoms with Crippen molar-refractivity contribution in [3.8, 4) is 0 Å². The van der Waals surface area contributed by atoms with Crippen LogP contribution in [-0.4, -0.2) is 16.2 Å². The van der Waals surface area contributed by atoms with Crippen LogP contribution in [0.3, 0.4) is 0 Å². The minimum atomic E-state index is -0.157. The molecule has 2 aromatic rings. The zero-order valence-corrected chi connectivity index (χ0v) is 11.4. The molecule has 1 fully saturated rings. The molecule has 1 aliphatic carbocycles. The van der Waals surface area contributed by atoms with E-state index in [4.69, 9.17) is 0 Å². The number of rotatable bonds is 2. The summed E-state index contributed by atoms with van der Waals surface area (Å²) in [6, 6.07) is 10.6. The first-order valence-corrected chi connectivity index (χ1v) is 7.27. The maximum atomic E-state index is 9.70. The summed E-state index contributed by atoms with van der Waals surface area (Å²) in [7, 11) is 0. The van der Waals surface area contributed by atoms with Gasteiger partial charge in [0.25, 0.3) is 0 Å². The molecule has 0 saturated heterocycles. The Labute approximate surface area is 114 Å². The van der Waals surface area contributed by atoms with Crippen LogP contribution < -0.4 is 0 Å². The van der Waals surface area contributed by atoms with E-state index in [1.54, 1.807) is 0 Å². The third-order valence-corrected chi connectivity index (χ3v) is 4.57. The smallest absolute Gasteiger partial charge is 0.0704 e. The number of aromatic nitrogens is 1. The normalized spacial score (nSPS) is 25.4. The zero-order chi connectivity index (χ0) is 13.2. The Morgan fingerprint density at radius 2 is 1.89 bits per heavy atom. The maximum Gasteiger partial charge on any atom is 0.0704 e. The summed E-state index contributed by atoms with van der Waals surface area (Å²) in [5.41, 5.74) is 2.53. The van der Waals surface area contributed by atoms with Gasteiger partial charge in [-0.25, -0.2) is 0 Å². The topological polar surface area (TPSA) is 33.1 Å². The highest BCUT2D eigenvalue weighted by atomic mass is 16.3. The largest absolute Gasteiger partial charge is 0.393 e. The lowest BCUT2D eigenvalue weighted by Crippen LogP contribution is -2.22. The van der Waals surface area contributed by atoms with Crippen molar-refractivity contribution in [2.24, 2.45) is 5.92 Å². The number of pyridine rings is 1. The summed E-state index contributed by atoms with van der Waals surface area (Å²) in [5, 5.41) is 11.0. The minimum Gasteiger partial charge on any atom is -0.393 e. The summed E-state index contributed by atoms with van der Waals surface area (Å²) in [6.45, 7) is 1.92. The van der Waals surface area contributed by atoms with Gasteiger partial charge < -0.3 is 5.11 Å². The quantitative estimate of drug-likeness (QED) is 0.883. The van der Waals surface area contributed by atoms with E-state index < -0.39 is 0 Å². The first kappa shape index (κ1) is 12.6. The molecule has 0 radical (unpaired) electrons. The highest BCUT2D eigenvalue weighted by Gasteiger charge is 2.25. The molecule has 1 atom stereocenters. The molecule has 1 aromatic heterocycles. The third-order valence-electron chi connectivity index (χ3n) is 4.57. The average Bonchev–Trinajstić information content (AvgIpc) is 2.47. The predicted molar refractivity (Wildman–Crippen MR) is 78.1 cm³/mol. The number of nitrogens with zero attached hydrogens (tertiary/aromatic N) is 1. The number of fused-ring (bicyclic) bond motifs is 1. The van der Waals surface area contributed by atoms with Crippen molar-refractivity contribution < 1.29 is 5.11 Å². The average molecular weight is 255 g/mol. The number of aliphatic hydroxyl groups is 1. The zero-order valence-electron chi connectivity index (χ0n) is 11.4. The van der Waals surface area contributed by atoms with Crippen molar-refractivity contribution in [2.45, 2.75) is 44.6 Å². The van der Waals surface area contributed by atoms with Crippen LogP contribution in [0.5, 0.6) is 0 Å². The molecule has 0 spiro atoms. The first-order valence-electron chi connectivity index (χ1n) is 7.27. The van der Waals surface area contributed by atoms with Gasteiger partial charge in [-0.05, 0) is 62.1 Å². The van der Waals surface area contributed by atoms with Gasteiger partial charge in [0, 0.05) is 11.6 Å². The van der Waals surface area contributed by atoms with Crippen molar-refractivity contribution in [2.75, 3.05) is 0 Å². The van der Waals surface area contributed by atoms with Gasteiger partial charge in [0.15, 0.2) is 0 Å². The van der Waals surface area contributed by atoms with Crippen LogP contribution >= 0.6 is 0 Å². The van der Waals surface area contributed by atoms with Crippen LogP contribution in [0.4, 0.5) is 0 Å². The van der Waals surface area contributed by atoms with Crippen molar-refractivity contribution in [3.05, 3.63) is 42.1 Å². The molecule has 0 bridgehead atoms. The molecule has 1 unspecified atom stereocenters. The van der Waals surface area contributed by atoms with Gasteiger partial charge in [-0.2, -0.15) is 0 Å². The molecule has 1 aromatic carbocycles. The van der Waals surface area contributed by atoms with E-state index in [0.29, 0.717) is 11.8 Å². The fraction of sp³-hybridized carbons (Fsp3) is 0.471. The molecule has 1 aliphatic rings. The Morgan fingerprint density at radius 1 is 1.11 bits per heavy atom. The molecule has 19 heavy (non-hydrogen) atoms. The number of benzene rings is 1. The van der Waals surface area contributed by atoms with Gasteiger partial charge in [-0.3, -0.25) is 4.98 Å². The molecular weight excluding hydrogens is 234 g/mol. The van der Waals surface area contributed by atoms with Crippen molar-refractivity contribution >= 4 is 10.9 Å². The highest BCUT2D eigenvalue weighted by Crippen LogP contribution is 2.39. The molecule has 0 aliphatic heterocycles. The van der Waals surface area contributed by atoms with E-state index in [1.807, 2.05) is 19.2 Å². The van der Waals surface area contributed by atoms with E-state index in [-0.39, 0.29) is 6.10 Å². The predicted octanol–water partition coefficient (Wildman–Crippen LogP) is 3.89. The lowest BCUT2D eigenvalue weighted by molar-refractivity contribution is 0.0968. The molecule has 0 amide bonds. The summed E-state index contributed by atoms with van der Waals surface area (Å²) in [5.74, 6) is 1.12. The Bertz CT molecular complexity index is 551. The second-order valence-corrected chi connectivity index (χ2v) is 5.77. The van der Waals surface area contributed by atoms with Gasteiger partial charge in [0.1, 0.15) is 0 Å². The van der Waals surface area contributed by atoms with E-state index in [0.717, 1.165) is 18.4 Å². The molecule has 1 saturated carbocycles. The summed E-state index contributed by atoms with van der Waals surface area (Å²) >= 11 is 0. The first-order chi connectivity index (χ1) is 9.25. The number of hydrogen-bond donors (Lipinski definition) is 1. The van der Waals surface area contributed by atoms with Crippen molar-refractivity contribution in [1.82, 2.24) is 4.98 Å². The van der Waals surface area contributed by atoms with E-state index >= 15 is 0 Å². The minimum absolute atomic E-state index is 0.157. The second kappa shape index (κ2) is 5.30. The summed E-state index contributed by atoms with van der Waals surface area (Å²) in [6.07, 6.45) is 6.34. The van der Waals surface area contributed by atoms with Crippen molar-refractivity contribution in [3.63, 3.8) is 0 Å². The Balaban J connectivity index is 1.86. The SMILES string of the molecule is CC(O)C1CCC(c2cccc3ncccc23)CC1. The van der Waals surface area contributed by atoms with Gasteiger partial charge in [-0.15, -0.1) is 0 Å². The van der Waals surface area contributed by atoms with Crippen LogP contribution in [-0.2, 0) is 0 Å². The molecule has 2 heteroatoms. The highest BCUT2D eigenvalue weighted by molar-refractivity contribution is 5.82. The van der Waals surface area contributed by atoms with Gasteiger partial charge in [0.05, 0.1) is 11.6 Å². The second-order valence-electron chi connectivity index (χ2n) is 5.77. The fourth-order valence-corrected chi connectivity index (χ4v) is 3.40. The standard InChI is InChI=1S/C17H21NO/c1-12(19)13-7-9-14(10-8-13)15-4-2-6-17-16(15)5-3-11-18-17/h2-6,11-14,19H,7-10H2,1H3.